The maximum Gasteiger partial charge on any atom is 0.237 e. The number of hydrogen-bond acceptors (Lipinski definition) is 3. The molecule has 4 atom stereocenters. The Labute approximate surface area is 112 Å². The van der Waals surface area contributed by atoms with Gasteiger partial charge in [0.1, 0.15) is 0 Å². The first kappa shape index (κ1) is 12.2. The summed E-state index contributed by atoms with van der Waals surface area (Å²) in [4.78, 5) is 12.3. The molecule has 1 aliphatic heterocycles. The molecule has 4 unspecified atom stereocenters. The van der Waals surface area contributed by atoms with Gasteiger partial charge in [-0.25, -0.2) is 0 Å². The molecule has 1 amide bonds. The minimum atomic E-state index is 0.0404. The largest absolute Gasteiger partial charge is 0.348 e. The van der Waals surface area contributed by atoms with Gasteiger partial charge in [-0.3, -0.25) is 4.79 Å². The van der Waals surface area contributed by atoms with Gasteiger partial charge in [-0.15, -0.1) is 0 Å². The summed E-state index contributed by atoms with van der Waals surface area (Å²) in [5, 5.41) is 10.7. The molecule has 3 nitrogen and oxygen atoms in total. The molecule has 1 saturated heterocycles. The first-order chi connectivity index (χ1) is 8.75. The predicted octanol–water partition coefficient (Wildman–Crippen LogP) is 2.31. The first-order valence-corrected chi connectivity index (χ1v) is 7.76. The van der Waals surface area contributed by atoms with Crippen LogP contribution in [-0.2, 0) is 4.79 Å². The molecule has 1 saturated carbocycles. The zero-order valence-electron chi connectivity index (χ0n) is 10.7. The van der Waals surface area contributed by atoms with Crippen LogP contribution in [0.15, 0.2) is 16.8 Å². The van der Waals surface area contributed by atoms with Crippen molar-refractivity contribution >= 4 is 17.2 Å². The molecule has 2 heterocycles. The van der Waals surface area contributed by atoms with Crippen molar-refractivity contribution in [3.05, 3.63) is 22.4 Å². The van der Waals surface area contributed by atoms with E-state index in [1.165, 1.54) is 24.8 Å². The Bertz CT molecular complexity index is 417. The molecule has 1 aromatic rings. The van der Waals surface area contributed by atoms with Gasteiger partial charge in [0.25, 0.3) is 0 Å². The van der Waals surface area contributed by atoms with Crippen LogP contribution < -0.4 is 10.6 Å². The van der Waals surface area contributed by atoms with Crippen LogP contribution in [0, 0.1) is 11.8 Å². The second kappa shape index (κ2) is 5.02. The van der Waals surface area contributed by atoms with E-state index in [0.717, 1.165) is 12.5 Å². The zero-order chi connectivity index (χ0) is 12.5. The molecule has 2 fully saturated rings. The Morgan fingerprint density at radius 2 is 2.44 bits per heavy atom. The number of amides is 1. The molecule has 3 rings (SSSR count). The van der Waals surface area contributed by atoms with Crippen molar-refractivity contribution in [2.24, 2.45) is 11.8 Å². The minimum Gasteiger partial charge on any atom is -0.348 e. The summed E-state index contributed by atoms with van der Waals surface area (Å²) < 4.78 is 0. The Morgan fingerprint density at radius 3 is 3.22 bits per heavy atom. The molecule has 1 aromatic heterocycles. The van der Waals surface area contributed by atoms with Crippen LogP contribution in [0.4, 0.5) is 0 Å². The molecule has 2 N–H and O–H groups in total. The van der Waals surface area contributed by atoms with E-state index in [1.807, 2.05) is 0 Å². The smallest absolute Gasteiger partial charge is 0.237 e. The third kappa shape index (κ3) is 2.19. The maximum absolute atomic E-state index is 12.3. The summed E-state index contributed by atoms with van der Waals surface area (Å²) in [6, 6.07) is 2.24. The third-order valence-electron chi connectivity index (χ3n) is 4.43. The summed E-state index contributed by atoms with van der Waals surface area (Å²) in [6.45, 7) is 3.08. The van der Waals surface area contributed by atoms with Crippen LogP contribution in [0.3, 0.4) is 0 Å². The monoisotopic (exact) mass is 264 g/mol. The van der Waals surface area contributed by atoms with Gasteiger partial charge in [-0.2, -0.15) is 11.3 Å². The molecular formula is C14H20N2OS. The van der Waals surface area contributed by atoms with Gasteiger partial charge in [-0.05, 0) is 60.5 Å². The molecule has 98 valence electrons. The van der Waals surface area contributed by atoms with Gasteiger partial charge in [-0.1, -0.05) is 6.42 Å². The summed E-state index contributed by atoms with van der Waals surface area (Å²) in [6.07, 6.45) is 3.80. The van der Waals surface area contributed by atoms with Crippen LogP contribution in [0.1, 0.15) is 37.8 Å². The number of rotatable bonds is 3. The SMILES string of the molecule is CC(NC(=O)C1NCC2CCCC21)c1ccsc1. The normalized spacial score (nSPS) is 32.2. The van der Waals surface area contributed by atoms with Crippen molar-refractivity contribution in [3.8, 4) is 0 Å². The molecule has 1 aliphatic carbocycles. The van der Waals surface area contributed by atoms with E-state index in [2.05, 4.69) is 34.4 Å². The fourth-order valence-electron chi connectivity index (χ4n) is 3.38. The van der Waals surface area contributed by atoms with Crippen molar-refractivity contribution in [2.75, 3.05) is 6.54 Å². The Morgan fingerprint density at radius 1 is 1.56 bits per heavy atom. The van der Waals surface area contributed by atoms with Crippen LogP contribution >= 0.6 is 11.3 Å². The lowest BCUT2D eigenvalue weighted by Crippen LogP contribution is -2.44. The average molecular weight is 264 g/mol. The van der Waals surface area contributed by atoms with Crippen LogP contribution in [0.25, 0.3) is 0 Å². The highest BCUT2D eigenvalue weighted by atomic mass is 32.1. The summed E-state index contributed by atoms with van der Waals surface area (Å²) in [5.74, 6) is 1.49. The van der Waals surface area contributed by atoms with Crippen molar-refractivity contribution in [1.82, 2.24) is 10.6 Å². The summed E-state index contributed by atoms with van der Waals surface area (Å²) in [7, 11) is 0. The molecule has 0 bridgehead atoms. The number of thiophene rings is 1. The van der Waals surface area contributed by atoms with Crippen molar-refractivity contribution in [3.63, 3.8) is 0 Å². The Kier molecular flexibility index (Phi) is 3.39. The molecule has 18 heavy (non-hydrogen) atoms. The van der Waals surface area contributed by atoms with Crippen LogP contribution in [-0.4, -0.2) is 18.5 Å². The molecule has 2 aliphatic rings. The fraction of sp³-hybridized carbons (Fsp3) is 0.643. The second-order valence-electron chi connectivity index (χ2n) is 5.53. The number of carbonyl (C=O) groups excluding carboxylic acids is 1. The van der Waals surface area contributed by atoms with Gasteiger partial charge >= 0.3 is 0 Å². The van der Waals surface area contributed by atoms with E-state index >= 15 is 0 Å². The topological polar surface area (TPSA) is 41.1 Å². The highest BCUT2D eigenvalue weighted by Gasteiger charge is 2.42. The van der Waals surface area contributed by atoms with E-state index in [1.54, 1.807) is 11.3 Å². The molecule has 4 heteroatoms. The number of hydrogen-bond donors (Lipinski definition) is 2. The van der Waals surface area contributed by atoms with E-state index in [-0.39, 0.29) is 18.0 Å². The molecule has 0 spiro atoms. The summed E-state index contributed by atoms with van der Waals surface area (Å²) >= 11 is 1.68. The van der Waals surface area contributed by atoms with Crippen molar-refractivity contribution in [1.29, 1.82) is 0 Å². The summed E-state index contributed by atoms with van der Waals surface area (Å²) in [5.41, 5.74) is 1.20. The zero-order valence-corrected chi connectivity index (χ0v) is 11.5. The van der Waals surface area contributed by atoms with E-state index in [9.17, 15) is 4.79 Å². The van der Waals surface area contributed by atoms with Gasteiger partial charge < -0.3 is 10.6 Å². The van der Waals surface area contributed by atoms with Gasteiger partial charge in [0.15, 0.2) is 0 Å². The van der Waals surface area contributed by atoms with Crippen LogP contribution in [0.5, 0.6) is 0 Å². The van der Waals surface area contributed by atoms with Crippen molar-refractivity contribution in [2.45, 2.75) is 38.3 Å². The van der Waals surface area contributed by atoms with E-state index in [0.29, 0.717) is 5.92 Å². The minimum absolute atomic E-state index is 0.0404. The highest BCUT2D eigenvalue weighted by Crippen LogP contribution is 2.37. The lowest BCUT2D eigenvalue weighted by molar-refractivity contribution is -0.124. The number of carbonyl (C=O) groups is 1. The van der Waals surface area contributed by atoms with Crippen LogP contribution in [0.2, 0.25) is 0 Å². The molecule has 0 aromatic carbocycles. The number of nitrogens with one attached hydrogen (secondary N) is 2. The fourth-order valence-corrected chi connectivity index (χ4v) is 4.14. The Balaban J connectivity index is 1.61. The van der Waals surface area contributed by atoms with E-state index < -0.39 is 0 Å². The Hall–Kier alpha value is -0.870. The highest BCUT2D eigenvalue weighted by molar-refractivity contribution is 7.07. The quantitative estimate of drug-likeness (QED) is 0.879. The van der Waals surface area contributed by atoms with Gasteiger partial charge in [0.2, 0.25) is 5.91 Å². The average Bonchev–Trinajstić information content (AvgIpc) is 3.06. The molecule has 0 radical (unpaired) electrons. The van der Waals surface area contributed by atoms with Gasteiger partial charge in [0, 0.05) is 0 Å². The second-order valence-corrected chi connectivity index (χ2v) is 6.31. The lowest BCUT2D eigenvalue weighted by Gasteiger charge is -2.20. The lowest BCUT2D eigenvalue weighted by atomic mass is 9.93. The first-order valence-electron chi connectivity index (χ1n) is 6.81. The maximum atomic E-state index is 12.3. The number of fused-ring (bicyclic) bond motifs is 1. The standard InChI is InChI=1S/C14H20N2OS/c1-9(11-5-6-18-8-11)16-14(17)13-12-4-2-3-10(12)7-15-13/h5-6,8-10,12-13,15H,2-4,7H2,1H3,(H,16,17). The predicted molar refractivity (Wildman–Crippen MR) is 73.5 cm³/mol. The van der Waals surface area contributed by atoms with E-state index in [4.69, 9.17) is 0 Å². The molecular weight excluding hydrogens is 244 g/mol. The van der Waals surface area contributed by atoms with Gasteiger partial charge in [0.05, 0.1) is 12.1 Å². The third-order valence-corrected chi connectivity index (χ3v) is 5.13. The van der Waals surface area contributed by atoms with Crippen molar-refractivity contribution < 1.29 is 4.79 Å².